The van der Waals surface area contributed by atoms with E-state index in [4.69, 9.17) is 9.57 Å². The van der Waals surface area contributed by atoms with Gasteiger partial charge in [0.15, 0.2) is 10.6 Å². The summed E-state index contributed by atoms with van der Waals surface area (Å²) < 4.78 is 5.87. The molecule has 30 heavy (non-hydrogen) atoms. The third-order valence-corrected chi connectivity index (χ3v) is 5.25. The summed E-state index contributed by atoms with van der Waals surface area (Å²) in [7, 11) is 2.90. The van der Waals surface area contributed by atoms with Gasteiger partial charge >= 0.3 is 0 Å². The summed E-state index contributed by atoms with van der Waals surface area (Å²) in [4.78, 5) is 21.9. The van der Waals surface area contributed by atoms with Crippen LogP contribution in [0, 0.1) is 18.3 Å². The minimum Gasteiger partial charge on any atom is -0.471 e. The molecule has 152 valence electrons. The Kier molecular flexibility index (Phi) is 6.78. The molecule has 7 nitrogen and oxygen atoms in total. The van der Waals surface area contributed by atoms with Gasteiger partial charge in [0.1, 0.15) is 24.8 Å². The van der Waals surface area contributed by atoms with Gasteiger partial charge in [0, 0.05) is 18.2 Å². The van der Waals surface area contributed by atoms with E-state index in [-0.39, 0.29) is 24.1 Å². The Morgan fingerprint density at radius 1 is 1.23 bits per heavy atom. The van der Waals surface area contributed by atoms with Crippen LogP contribution in [-0.4, -0.2) is 30.8 Å². The molecule has 1 amide bonds. The number of thiazole rings is 1. The SMILES string of the molecule is CNC(=O)C(=NOC)c1ccccc1COc1nc(-c2ccc(C)cc2)sc1C#N. The van der Waals surface area contributed by atoms with E-state index in [1.807, 2.05) is 43.3 Å². The molecule has 0 unspecified atom stereocenters. The van der Waals surface area contributed by atoms with Crippen molar-refractivity contribution in [1.82, 2.24) is 10.3 Å². The van der Waals surface area contributed by atoms with Crippen LogP contribution >= 0.6 is 11.3 Å². The van der Waals surface area contributed by atoms with E-state index >= 15 is 0 Å². The lowest BCUT2D eigenvalue weighted by molar-refractivity contribution is -0.114. The smallest absolute Gasteiger partial charge is 0.273 e. The van der Waals surface area contributed by atoms with E-state index in [1.165, 1.54) is 25.5 Å². The van der Waals surface area contributed by atoms with Gasteiger partial charge in [-0.3, -0.25) is 4.79 Å². The van der Waals surface area contributed by atoms with E-state index in [2.05, 4.69) is 21.5 Å². The lowest BCUT2D eigenvalue weighted by Crippen LogP contribution is -2.29. The number of aromatic nitrogens is 1. The van der Waals surface area contributed by atoms with Crippen LogP contribution in [-0.2, 0) is 16.2 Å². The number of benzene rings is 2. The highest BCUT2D eigenvalue weighted by molar-refractivity contribution is 7.15. The van der Waals surface area contributed by atoms with Crippen LogP contribution < -0.4 is 10.1 Å². The fourth-order valence-corrected chi connectivity index (χ4v) is 3.55. The molecule has 8 heteroatoms. The van der Waals surface area contributed by atoms with Crippen LogP contribution in [0.5, 0.6) is 5.88 Å². The van der Waals surface area contributed by atoms with Crippen molar-refractivity contribution in [3.63, 3.8) is 0 Å². The number of carbonyl (C=O) groups is 1. The quantitative estimate of drug-likeness (QED) is 0.465. The van der Waals surface area contributed by atoms with Gasteiger partial charge in [0.2, 0.25) is 5.88 Å². The summed E-state index contributed by atoms with van der Waals surface area (Å²) in [5.41, 5.74) is 3.50. The van der Waals surface area contributed by atoms with E-state index in [0.717, 1.165) is 11.1 Å². The van der Waals surface area contributed by atoms with Crippen LogP contribution in [0.1, 0.15) is 21.6 Å². The molecule has 0 bridgehead atoms. The molecule has 0 aliphatic carbocycles. The van der Waals surface area contributed by atoms with Crippen molar-refractivity contribution in [3.05, 3.63) is 70.1 Å². The Morgan fingerprint density at radius 3 is 2.63 bits per heavy atom. The van der Waals surface area contributed by atoms with Crippen LogP contribution in [0.3, 0.4) is 0 Å². The van der Waals surface area contributed by atoms with Crippen molar-refractivity contribution in [2.45, 2.75) is 13.5 Å². The van der Waals surface area contributed by atoms with Crippen molar-refractivity contribution < 1.29 is 14.4 Å². The fourth-order valence-electron chi connectivity index (χ4n) is 2.74. The van der Waals surface area contributed by atoms with Gasteiger partial charge in [-0.2, -0.15) is 5.26 Å². The third kappa shape index (κ3) is 4.64. The van der Waals surface area contributed by atoms with Crippen molar-refractivity contribution in [2.24, 2.45) is 5.16 Å². The van der Waals surface area contributed by atoms with Crippen molar-refractivity contribution in [2.75, 3.05) is 14.2 Å². The lowest BCUT2D eigenvalue weighted by atomic mass is 10.0. The highest BCUT2D eigenvalue weighted by Gasteiger charge is 2.19. The molecule has 0 saturated heterocycles. The summed E-state index contributed by atoms with van der Waals surface area (Å²) in [6.07, 6.45) is 0. The van der Waals surface area contributed by atoms with Crippen LogP contribution in [0.2, 0.25) is 0 Å². The number of hydrogen-bond acceptors (Lipinski definition) is 7. The molecule has 2 aromatic carbocycles. The van der Waals surface area contributed by atoms with E-state index < -0.39 is 0 Å². The number of hydrogen-bond donors (Lipinski definition) is 1. The Hall–Kier alpha value is -3.70. The predicted molar refractivity (Wildman–Crippen MR) is 115 cm³/mol. The Balaban J connectivity index is 1.88. The van der Waals surface area contributed by atoms with Crippen LogP contribution in [0.4, 0.5) is 0 Å². The maximum absolute atomic E-state index is 12.2. The van der Waals surface area contributed by atoms with Gasteiger partial charge in [-0.1, -0.05) is 70.6 Å². The molecule has 0 radical (unpaired) electrons. The maximum atomic E-state index is 12.2. The molecule has 0 atom stereocenters. The molecular weight excluding hydrogens is 400 g/mol. The molecule has 0 fully saturated rings. The molecule has 1 aromatic heterocycles. The van der Waals surface area contributed by atoms with Crippen LogP contribution in [0.25, 0.3) is 10.6 Å². The first-order chi connectivity index (χ1) is 14.6. The van der Waals surface area contributed by atoms with E-state index in [1.54, 1.807) is 12.1 Å². The second-order valence-corrected chi connectivity index (χ2v) is 7.28. The Labute approximate surface area is 178 Å². The lowest BCUT2D eigenvalue weighted by Gasteiger charge is -2.11. The summed E-state index contributed by atoms with van der Waals surface area (Å²) >= 11 is 1.28. The first-order valence-electron chi connectivity index (χ1n) is 9.09. The molecule has 0 aliphatic rings. The largest absolute Gasteiger partial charge is 0.471 e. The molecule has 3 aromatic rings. The normalized spacial score (nSPS) is 10.9. The first-order valence-corrected chi connectivity index (χ1v) is 9.91. The highest BCUT2D eigenvalue weighted by Crippen LogP contribution is 2.32. The summed E-state index contributed by atoms with van der Waals surface area (Å²) in [5, 5.41) is 16.6. The standard InChI is InChI=1S/C22H20N4O3S/c1-14-8-10-15(11-9-14)22-25-21(18(12-23)30-22)29-13-16-6-4-5-7-17(16)19(26-28-3)20(27)24-2/h4-11H,13H2,1-3H3,(H,24,27). The van der Waals surface area contributed by atoms with Crippen molar-refractivity contribution >= 4 is 23.0 Å². The Bertz CT molecular complexity index is 1110. The van der Waals surface area contributed by atoms with Gasteiger partial charge in [-0.05, 0) is 12.5 Å². The third-order valence-electron chi connectivity index (χ3n) is 4.26. The summed E-state index contributed by atoms with van der Waals surface area (Å²) in [5.74, 6) is -0.115. The number of likely N-dealkylation sites (N-methyl/N-ethyl adjacent to an activating group) is 1. The van der Waals surface area contributed by atoms with Gasteiger partial charge in [0.05, 0.1) is 0 Å². The molecule has 3 rings (SSSR count). The number of ether oxygens (including phenoxy) is 1. The fraction of sp³-hybridized carbons (Fsp3) is 0.182. The summed E-state index contributed by atoms with van der Waals surface area (Å²) in [6, 6.07) is 17.3. The van der Waals surface area contributed by atoms with E-state index in [0.29, 0.717) is 21.0 Å². The number of amides is 1. The second-order valence-electron chi connectivity index (χ2n) is 6.28. The van der Waals surface area contributed by atoms with E-state index in [9.17, 15) is 10.1 Å². The number of carbonyl (C=O) groups excluding carboxylic acids is 1. The van der Waals surface area contributed by atoms with Gasteiger partial charge < -0.3 is 14.9 Å². The van der Waals surface area contributed by atoms with Crippen molar-refractivity contribution in [3.8, 4) is 22.5 Å². The van der Waals surface area contributed by atoms with Gasteiger partial charge in [-0.15, -0.1) is 0 Å². The predicted octanol–water partition coefficient (Wildman–Crippen LogP) is 3.67. The number of nitriles is 1. The molecular formula is C22H20N4O3S. The van der Waals surface area contributed by atoms with Crippen molar-refractivity contribution in [1.29, 1.82) is 5.26 Å². The topological polar surface area (TPSA) is 96.6 Å². The first kappa shape index (κ1) is 21.0. The molecule has 1 heterocycles. The average Bonchev–Trinajstić information content (AvgIpc) is 3.19. The molecule has 1 N–H and O–H groups in total. The zero-order chi connectivity index (χ0) is 21.5. The summed E-state index contributed by atoms with van der Waals surface area (Å²) in [6.45, 7) is 2.12. The second kappa shape index (κ2) is 9.67. The van der Waals surface area contributed by atoms with Gasteiger partial charge in [0.25, 0.3) is 5.91 Å². The monoisotopic (exact) mass is 420 g/mol. The maximum Gasteiger partial charge on any atom is 0.273 e. The van der Waals surface area contributed by atoms with Crippen LogP contribution in [0.15, 0.2) is 53.7 Å². The zero-order valence-electron chi connectivity index (χ0n) is 16.8. The molecule has 0 aliphatic heterocycles. The number of oxime groups is 1. The van der Waals surface area contributed by atoms with Gasteiger partial charge in [-0.25, -0.2) is 4.98 Å². The minimum atomic E-state index is -0.377. The molecule has 0 spiro atoms. The zero-order valence-corrected chi connectivity index (χ0v) is 17.6. The molecule has 0 saturated carbocycles. The number of nitrogens with one attached hydrogen (secondary N) is 1. The average molecular weight is 420 g/mol. The number of nitrogens with zero attached hydrogens (tertiary/aromatic N) is 3. The number of rotatable bonds is 7. The highest BCUT2D eigenvalue weighted by atomic mass is 32.1. The minimum absolute atomic E-state index is 0.113. The Morgan fingerprint density at radius 2 is 1.97 bits per heavy atom. The number of aryl methyl sites for hydroxylation is 1.